The molecule has 0 aromatic heterocycles. The molecule has 154 valence electrons. The number of hydrogen-bond donors (Lipinski definition) is 2. The normalized spacial score (nSPS) is 46.1. The zero-order valence-electron chi connectivity index (χ0n) is 17.0. The first-order valence-electron chi connectivity index (χ1n) is 11.1. The van der Waals surface area contributed by atoms with Crippen molar-refractivity contribution in [3.8, 4) is 12.3 Å². The number of allylic oxidation sites excluding steroid dienone is 1. The number of terminal acetylenes is 1. The number of carbonyl (C=O) groups is 1. The average Bonchev–Trinajstić information content (AvgIpc) is 3.51. The van der Waals surface area contributed by atoms with Crippen LogP contribution in [0.1, 0.15) is 64.7 Å². The molecule has 5 aliphatic rings. The Balaban J connectivity index is 0.000000336. The maximum atomic E-state index is 11.8. The summed E-state index contributed by atoms with van der Waals surface area (Å²) in [6, 6.07) is 0. The minimum absolute atomic E-state index is 0.0609. The van der Waals surface area contributed by atoms with E-state index in [1.165, 1.54) is 18.4 Å². The first-order valence-corrected chi connectivity index (χ1v) is 11.1. The van der Waals surface area contributed by atoms with Crippen molar-refractivity contribution in [3.05, 3.63) is 11.6 Å². The highest BCUT2D eigenvalue weighted by molar-refractivity contribution is 5.91. The molecule has 1 aliphatic heterocycles. The molecule has 2 N–H and O–H groups in total. The van der Waals surface area contributed by atoms with Crippen molar-refractivity contribution in [1.82, 2.24) is 0 Å². The van der Waals surface area contributed by atoms with E-state index in [-0.39, 0.29) is 18.1 Å². The first-order chi connectivity index (χ1) is 13.5. The van der Waals surface area contributed by atoms with Gasteiger partial charge in [0, 0.05) is 11.8 Å². The van der Waals surface area contributed by atoms with E-state index >= 15 is 0 Å². The summed E-state index contributed by atoms with van der Waals surface area (Å²) in [5, 5.41) is 19.2. The summed E-state index contributed by atoms with van der Waals surface area (Å²) < 4.78 is 4.61. The zero-order chi connectivity index (χ0) is 19.9. The Hall–Kier alpha value is -1.15. The van der Waals surface area contributed by atoms with Gasteiger partial charge in [-0.3, -0.25) is 4.79 Å². The Morgan fingerprint density at radius 3 is 2.61 bits per heavy atom. The summed E-state index contributed by atoms with van der Waals surface area (Å²) in [5.74, 6) is 5.73. The third-order valence-corrected chi connectivity index (χ3v) is 8.62. The number of hydrogen-bond acceptors (Lipinski definition) is 4. The van der Waals surface area contributed by atoms with Crippen LogP contribution in [0.25, 0.3) is 0 Å². The Morgan fingerprint density at radius 1 is 1.21 bits per heavy atom. The maximum absolute atomic E-state index is 11.8. The Kier molecular flexibility index (Phi) is 5.46. The molecule has 0 aromatic carbocycles. The Bertz CT molecular complexity index is 687. The predicted octanol–water partition coefficient (Wildman–Crippen LogP) is 3.26. The molecule has 1 heterocycles. The van der Waals surface area contributed by atoms with Gasteiger partial charge in [0.1, 0.15) is 11.7 Å². The summed E-state index contributed by atoms with van der Waals surface area (Å²) in [4.78, 5) is 11.8. The van der Waals surface area contributed by atoms with Crippen molar-refractivity contribution in [3.63, 3.8) is 0 Å². The van der Waals surface area contributed by atoms with E-state index in [0.29, 0.717) is 29.5 Å². The van der Waals surface area contributed by atoms with Gasteiger partial charge in [-0.05, 0) is 81.1 Å². The molecule has 1 saturated heterocycles. The molecular formula is C24H34O4. The van der Waals surface area contributed by atoms with Crippen LogP contribution < -0.4 is 0 Å². The third-order valence-electron chi connectivity index (χ3n) is 8.62. The molecule has 0 aromatic rings. The van der Waals surface area contributed by atoms with Crippen LogP contribution in [0.3, 0.4) is 0 Å². The molecule has 0 bridgehead atoms. The summed E-state index contributed by atoms with van der Waals surface area (Å²) in [6.07, 6.45) is 17.1. The van der Waals surface area contributed by atoms with Crippen molar-refractivity contribution in [2.75, 3.05) is 13.2 Å². The number of epoxide rings is 1. The second-order valence-corrected chi connectivity index (χ2v) is 9.53. The summed E-state index contributed by atoms with van der Waals surface area (Å²) in [7, 11) is 0. The number of carbonyl (C=O) groups excluding carboxylic acids is 1. The van der Waals surface area contributed by atoms with Gasteiger partial charge in [-0.1, -0.05) is 18.4 Å². The molecule has 7 atom stereocenters. The topological polar surface area (TPSA) is 70.1 Å². The summed E-state index contributed by atoms with van der Waals surface area (Å²) in [6.45, 7) is 3.17. The quantitative estimate of drug-likeness (QED) is 0.565. The van der Waals surface area contributed by atoms with Gasteiger partial charge in [0.25, 0.3) is 0 Å². The fourth-order valence-corrected chi connectivity index (χ4v) is 7.13. The fourth-order valence-electron chi connectivity index (χ4n) is 7.13. The fraction of sp³-hybridized carbons (Fsp3) is 0.792. The van der Waals surface area contributed by atoms with Crippen LogP contribution in [-0.4, -0.2) is 40.9 Å². The van der Waals surface area contributed by atoms with E-state index in [1.54, 1.807) is 0 Å². The predicted molar refractivity (Wildman–Crippen MR) is 107 cm³/mol. The van der Waals surface area contributed by atoms with Gasteiger partial charge in [-0.25, -0.2) is 0 Å². The van der Waals surface area contributed by atoms with Crippen LogP contribution in [0, 0.1) is 41.4 Å². The van der Waals surface area contributed by atoms with Crippen molar-refractivity contribution < 1.29 is 19.7 Å². The van der Waals surface area contributed by atoms with Gasteiger partial charge in [-0.15, -0.1) is 6.42 Å². The zero-order valence-corrected chi connectivity index (χ0v) is 17.0. The van der Waals surface area contributed by atoms with E-state index in [0.717, 1.165) is 51.6 Å². The van der Waals surface area contributed by atoms with Crippen LogP contribution >= 0.6 is 0 Å². The van der Waals surface area contributed by atoms with Crippen molar-refractivity contribution >= 4 is 5.78 Å². The highest BCUT2D eigenvalue weighted by Gasteiger charge is 2.63. The molecular weight excluding hydrogens is 352 g/mol. The second kappa shape index (κ2) is 7.59. The van der Waals surface area contributed by atoms with E-state index in [2.05, 4.69) is 17.6 Å². The van der Waals surface area contributed by atoms with E-state index in [4.69, 9.17) is 11.5 Å². The first kappa shape index (κ1) is 20.1. The largest absolute Gasteiger partial charge is 0.394 e. The molecule has 2 unspecified atom stereocenters. The van der Waals surface area contributed by atoms with Crippen molar-refractivity contribution in [1.29, 1.82) is 0 Å². The molecule has 5 rings (SSSR count). The van der Waals surface area contributed by atoms with Gasteiger partial charge in [-0.2, -0.15) is 0 Å². The molecule has 0 amide bonds. The molecule has 0 radical (unpaired) electrons. The van der Waals surface area contributed by atoms with E-state index < -0.39 is 5.60 Å². The minimum atomic E-state index is -0.893. The van der Waals surface area contributed by atoms with Gasteiger partial charge in [0.05, 0.1) is 13.2 Å². The maximum Gasteiger partial charge on any atom is 0.155 e. The highest BCUT2D eigenvalue weighted by atomic mass is 16.6. The molecule has 4 fully saturated rings. The number of ether oxygens (including phenoxy) is 1. The number of rotatable bonds is 2. The highest BCUT2D eigenvalue weighted by Crippen LogP contribution is 2.66. The number of aliphatic hydroxyl groups is 2. The van der Waals surface area contributed by atoms with Gasteiger partial charge >= 0.3 is 0 Å². The lowest BCUT2D eigenvalue weighted by molar-refractivity contribution is -0.117. The number of aliphatic hydroxyl groups excluding tert-OH is 1. The molecule has 4 heteroatoms. The summed E-state index contributed by atoms with van der Waals surface area (Å²) >= 11 is 0. The monoisotopic (exact) mass is 386 g/mol. The second-order valence-electron chi connectivity index (χ2n) is 9.53. The SMILES string of the molecule is C#CC1(O)CC[C@H]2[C@@H]3CCC4=CC(=O)CC[C@@H]4[C@H]3CC[C@@]21CC.OCC1CO1. The van der Waals surface area contributed by atoms with Crippen LogP contribution in [0.2, 0.25) is 0 Å². The Labute approximate surface area is 168 Å². The minimum Gasteiger partial charge on any atom is -0.394 e. The standard InChI is InChI=1S/C21H28O2.C3H6O2/c1-3-20-11-9-17-16-8-6-15(22)13-14(16)5-7-18(17)19(20)10-12-21(20,23)4-2;4-1-3-2-5-3/h2,13,16-19,23H,3,5-12H2,1H3;3-4H,1-2H2/t16-,17+,18+,19-,20-,21?;/m0./s1. The van der Waals surface area contributed by atoms with Crippen LogP contribution in [0.4, 0.5) is 0 Å². The Morgan fingerprint density at radius 2 is 2.00 bits per heavy atom. The molecule has 4 nitrogen and oxygen atoms in total. The van der Waals surface area contributed by atoms with Crippen molar-refractivity contribution in [2.24, 2.45) is 29.1 Å². The van der Waals surface area contributed by atoms with E-state index in [1.807, 2.05) is 6.08 Å². The molecule has 0 spiro atoms. The smallest absolute Gasteiger partial charge is 0.155 e. The number of fused-ring (bicyclic) bond motifs is 5. The van der Waals surface area contributed by atoms with E-state index in [9.17, 15) is 9.90 Å². The lowest BCUT2D eigenvalue weighted by Gasteiger charge is -2.55. The van der Waals surface area contributed by atoms with Gasteiger partial charge in [0.15, 0.2) is 5.78 Å². The average molecular weight is 387 g/mol. The number of ketones is 1. The van der Waals surface area contributed by atoms with Crippen molar-refractivity contribution in [2.45, 2.75) is 76.4 Å². The van der Waals surface area contributed by atoms with Crippen LogP contribution in [0.15, 0.2) is 11.6 Å². The molecule has 28 heavy (non-hydrogen) atoms. The van der Waals surface area contributed by atoms with Gasteiger partial charge in [0.2, 0.25) is 0 Å². The molecule has 4 aliphatic carbocycles. The summed E-state index contributed by atoms with van der Waals surface area (Å²) in [5.41, 5.74) is 0.474. The van der Waals surface area contributed by atoms with Crippen LogP contribution in [-0.2, 0) is 9.53 Å². The van der Waals surface area contributed by atoms with Gasteiger partial charge < -0.3 is 14.9 Å². The van der Waals surface area contributed by atoms with Crippen LogP contribution in [0.5, 0.6) is 0 Å². The molecule has 3 saturated carbocycles. The third kappa shape index (κ3) is 3.16. The lowest BCUT2D eigenvalue weighted by atomic mass is 9.49. The lowest BCUT2D eigenvalue weighted by Crippen LogP contribution is -2.53.